The summed E-state index contributed by atoms with van der Waals surface area (Å²) in [5.41, 5.74) is 2.20. The molecule has 8 heteroatoms. The number of aromatic nitrogens is 4. The lowest BCUT2D eigenvalue weighted by molar-refractivity contribution is 0.0949. The molecule has 0 fully saturated rings. The Balaban J connectivity index is 1.59. The number of nitrogens with zero attached hydrogens (tertiary/aromatic N) is 4. The van der Waals surface area contributed by atoms with Crippen LogP contribution in [0.15, 0.2) is 48.9 Å². The van der Waals surface area contributed by atoms with E-state index >= 15 is 0 Å². The third kappa shape index (κ3) is 4.15. The monoisotopic (exact) mass is 352 g/mol. The van der Waals surface area contributed by atoms with Crippen LogP contribution in [0.3, 0.4) is 0 Å². The Morgan fingerprint density at radius 1 is 1.19 bits per heavy atom. The van der Waals surface area contributed by atoms with Crippen molar-refractivity contribution in [3.8, 4) is 11.4 Å². The smallest absolute Gasteiger partial charge is 0.271 e. The van der Waals surface area contributed by atoms with Gasteiger partial charge in [-0.05, 0) is 36.8 Å². The molecule has 0 saturated carbocycles. The van der Waals surface area contributed by atoms with E-state index in [2.05, 4.69) is 25.7 Å². The van der Waals surface area contributed by atoms with Gasteiger partial charge in [0.2, 0.25) is 5.95 Å². The third-order valence-electron chi connectivity index (χ3n) is 3.66. The normalized spacial score (nSPS) is 10.4. The number of anilines is 1. The number of benzene rings is 1. The molecule has 8 nitrogen and oxygen atoms in total. The molecule has 0 radical (unpaired) electrons. The highest BCUT2D eigenvalue weighted by molar-refractivity contribution is 5.92. The van der Waals surface area contributed by atoms with Crippen LogP contribution in [0, 0.1) is 6.92 Å². The number of rotatable bonds is 7. The van der Waals surface area contributed by atoms with E-state index in [1.807, 2.05) is 25.1 Å². The molecule has 1 amide bonds. The summed E-state index contributed by atoms with van der Waals surface area (Å²) in [6.07, 6.45) is 5.04. The van der Waals surface area contributed by atoms with E-state index in [1.54, 1.807) is 42.5 Å². The van der Waals surface area contributed by atoms with Gasteiger partial charge in [-0.25, -0.2) is 14.6 Å². The second-order valence-corrected chi connectivity index (χ2v) is 5.58. The summed E-state index contributed by atoms with van der Waals surface area (Å²) in [5.74, 6) is 0.974. The fourth-order valence-electron chi connectivity index (χ4n) is 2.39. The van der Waals surface area contributed by atoms with Crippen LogP contribution in [0.1, 0.15) is 16.1 Å². The minimum absolute atomic E-state index is 0.244. The van der Waals surface area contributed by atoms with Crippen molar-refractivity contribution in [1.82, 2.24) is 25.1 Å². The highest BCUT2D eigenvalue weighted by Gasteiger charge is 2.12. The van der Waals surface area contributed by atoms with Gasteiger partial charge in [0.15, 0.2) is 5.69 Å². The molecule has 0 saturated heterocycles. The molecule has 0 spiro atoms. The lowest BCUT2D eigenvalue weighted by Crippen LogP contribution is -2.29. The van der Waals surface area contributed by atoms with Gasteiger partial charge in [0.25, 0.3) is 5.91 Å². The van der Waals surface area contributed by atoms with Crippen molar-refractivity contribution in [2.45, 2.75) is 6.92 Å². The van der Waals surface area contributed by atoms with Crippen LogP contribution in [0.5, 0.6) is 5.75 Å². The largest absolute Gasteiger partial charge is 0.494 e. The summed E-state index contributed by atoms with van der Waals surface area (Å²) >= 11 is 0. The molecule has 0 aliphatic heterocycles. The van der Waals surface area contributed by atoms with E-state index < -0.39 is 0 Å². The van der Waals surface area contributed by atoms with Crippen molar-refractivity contribution < 1.29 is 9.53 Å². The quantitative estimate of drug-likeness (QED) is 0.630. The van der Waals surface area contributed by atoms with Crippen LogP contribution >= 0.6 is 0 Å². The fraction of sp³-hybridized carbons (Fsp3) is 0.222. The van der Waals surface area contributed by atoms with Gasteiger partial charge in [0, 0.05) is 31.7 Å². The predicted octanol–water partition coefficient (Wildman–Crippen LogP) is 1.82. The number of methoxy groups -OCH3 is 1. The first-order valence-corrected chi connectivity index (χ1v) is 8.17. The predicted molar refractivity (Wildman–Crippen MR) is 97.7 cm³/mol. The molecule has 1 aromatic carbocycles. The Morgan fingerprint density at radius 2 is 2.00 bits per heavy atom. The molecule has 3 rings (SSSR count). The van der Waals surface area contributed by atoms with Crippen LogP contribution in [0.2, 0.25) is 0 Å². The second kappa shape index (κ2) is 8.11. The molecule has 134 valence electrons. The van der Waals surface area contributed by atoms with Gasteiger partial charge >= 0.3 is 0 Å². The zero-order valence-electron chi connectivity index (χ0n) is 14.6. The Kier molecular flexibility index (Phi) is 5.43. The molecule has 0 bridgehead atoms. The molecule has 2 N–H and O–H groups in total. The van der Waals surface area contributed by atoms with Crippen molar-refractivity contribution in [3.63, 3.8) is 0 Å². The standard InChI is InChI=1S/C18H20N6O2/c1-13-4-5-16(26-2)15(12-13)24-11-6-14(23-24)17(25)19-9-10-22-18-20-7-3-8-21-18/h3-8,11-12H,9-10H2,1-2H3,(H,19,25)(H,20,21,22). The first-order valence-electron chi connectivity index (χ1n) is 8.17. The molecule has 0 aliphatic carbocycles. The van der Waals surface area contributed by atoms with Crippen molar-refractivity contribution in [2.24, 2.45) is 0 Å². The zero-order valence-corrected chi connectivity index (χ0v) is 14.6. The number of nitrogens with one attached hydrogen (secondary N) is 2. The number of ether oxygens (including phenoxy) is 1. The van der Waals surface area contributed by atoms with Crippen LogP contribution in [-0.4, -0.2) is 45.9 Å². The summed E-state index contributed by atoms with van der Waals surface area (Å²) in [6.45, 7) is 2.93. The number of carbonyl (C=O) groups is 1. The van der Waals surface area contributed by atoms with Gasteiger partial charge in [0.05, 0.1) is 7.11 Å². The maximum atomic E-state index is 12.2. The van der Waals surface area contributed by atoms with Crippen LogP contribution in [-0.2, 0) is 0 Å². The Morgan fingerprint density at radius 3 is 2.77 bits per heavy atom. The third-order valence-corrected chi connectivity index (χ3v) is 3.66. The molecule has 26 heavy (non-hydrogen) atoms. The van der Waals surface area contributed by atoms with Gasteiger partial charge in [-0.2, -0.15) is 5.10 Å². The average Bonchev–Trinajstić information content (AvgIpc) is 3.16. The zero-order chi connectivity index (χ0) is 18.4. The SMILES string of the molecule is COc1ccc(C)cc1-n1ccc(C(=O)NCCNc2ncccn2)n1. The number of amides is 1. The molecular formula is C18H20N6O2. The maximum Gasteiger partial charge on any atom is 0.271 e. The van der Waals surface area contributed by atoms with E-state index in [9.17, 15) is 4.79 Å². The maximum absolute atomic E-state index is 12.2. The number of hydrogen-bond acceptors (Lipinski definition) is 6. The van der Waals surface area contributed by atoms with Crippen LogP contribution in [0.4, 0.5) is 5.95 Å². The Labute approximate surface area is 151 Å². The average molecular weight is 352 g/mol. The summed E-state index contributed by atoms with van der Waals surface area (Å²) < 4.78 is 7.00. The van der Waals surface area contributed by atoms with E-state index in [0.29, 0.717) is 30.5 Å². The highest BCUT2D eigenvalue weighted by Crippen LogP contribution is 2.23. The van der Waals surface area contributed by atoms with Gasteiger partial charge in [0.1, 0.15) is 11.4 Å². The number of aryl methyl sites for hydroxylation is 1. The molecular weight excluding hydrogens is 332 g/mol. The number of hydrogen-bond donors (Lipinski definition) is 2. The summed E-state index contributed by atoms with van der Waals surface area (Å²) in [4.78, 5) is 20.3. The van der Waals surface area contributed by atoms with Gasteiger partial charge < -0.3 is 15.4 Å². The summed E-state index contributed by atoms with van der Waals surface area (Å²) in [5, 5.41) is 10.2. The second-order valence-electron chi connectivity index (χ2n) is 5.58. The molecule has 0 aliphatic rings. The molecule has 3 aromatic rings. The molecule has 2 aromatic heterocycles. The Bertz CT molecular complexity index is 878. The molecule has 0 atom stereocenters. The minimum Gasteiger partial charge on any atom is -0.494 e. The van der Waals surface area contributed by atoms with Gasteiger partial charge in [-0.15, -0.1) is 0 Å². The highest BCUT2D eigenvalue weighted by atomic mass is 16.5. The van der Waals surface area contributed by atoms with E-state index in [1.165, 1.54) is 0 Å². The molecule has 2 heterocycles. The van der Waals surface area contributed by atoms with Crippen LogP contribution in [0.25, 0.3) is 5.69 Å². The van der Waals surface area contributed by atoms with Gasteiger partial charge in [-0.1, -0.05) is 6.07 Å². The van der Waals surface area contributed by atoms with Crippen molar-refractivity contribution in [1.29, 1.82) is 0 Å². The lowest BCUT2D eigenvalue weighted by atomic mass is 10.2. The number of carbonyl (C=O) groups excluding carboxylic acids is 1. The first kappa shape index (κ1) is 17.4. The topological polar surface area (TPSA) is 94.0 Å². The van der Waals surface area contributed by atoms with Crippen molar-refractivity contribution in [2.75, 3.05) is 25.5 Å². The van der Waals surface area contributed by atoms with E-state index in [0.717, 1.165) is 11.3 Å². The Hall–Kier alpha value is -3.42. The van der Waals surface area contributed by atoms with E-state index in [-0.39, 0.29) is 5.91 Å². The van der Waals surface area contributed by atoms with E-state index in [4.69, 9.17) is 4.74 Å². The summed E-state index contributed by atoms with van der Waals surface area (Å²) in [7, 11) is 1.61. The van der Waals surface area contributed by atoms with Crippen molar-refractivity contribution in [3.05, 3.63) is 60.2 Å². The van der Waals surface area contributed by atoms with Gasteiger partial charge in [-0.3, -0.25) is 4.79 Å². The minimum atomic E-state index is -0.244. The fourth-order valence-corrected chi connectivity index (χ4v) is 2.39. The summed E-state index contributed by atoms with van der Waals surface area (Å²) in [6, 6.07) is 9.21. The molecule has 0 unspecified atom stereocenters. The first-order chi connectivity index (χ1) is 12.7. The lowest BCUT2D eigenvalue weighted by Gasteiger charge is -2.09. The van der Waals surface area contributed by atoms with Crippen LogP contribution < -0.4 is 15.4 Å². The van der Waals surface area contributed by atoms with Crippen molar-refractivity contribution >= 4 is 11.9 Å².